The third-order valence-electron chi connectivity index (χ3n) is 6.66. The average Bonchev–Trinajstić information content (AvgIpc) is 3.22. The number of piperazine rings is 1. The average molecular weight is 463 g/mol. The molecular weight excluding hydrogens is 436 g/mol. The Labute approximate surface area is 196 Å². The van der Waals surface area contributed by atoms with E-state index in [4.69, 9.17) is 4.74 Å². The number of nitrogens with one attached hydrogen (secondary N) is 1. The molecule has 0 radical (unpaired) electrons. The van der Waals surface area contributed by atoms with Crippen LogP contribution in [0, 0.1) is 10.1 Å². The molecule has 1 fully saturated rings. The second-order valence-electron chi connectivity index (χ2n) is 8.65. The molecule has 2 aromatic carbocycles. The summed E-state index contributed by atoms with van der Waals surface area (Å²) in [6.07, 6.45) is 1.06. The molecule has 5 rings (SSSR count). The van der Waals surface area contributed by atoms with Crippen LogP contribution in [-0.2, 0) is 20.7 Å². The monoisotopic (exact) mass is 462 g/mol. The molecule has 9 heteroatoms. The van der Waals surface area contributed by atoms with Crippen LogP contribution in [0.25, 0.3) is 10.9 Å². The molecule has 1 saturated heterocycles. The van der Waals surface area contributed by atoms with Crippen molar-refractivity contribution in [1.82, 2.24) is 14.8 Å². The number of hydrogen-bond donors (Lipinski definition) is 1. The van der Waals surface area contributed by atoms with Crippen LogP contribution in [0.3, 0.4) is 0 Å². The van der Waals surface area contributed by atoms with Gasteiger partial charge in [0.25, 0.3) is 5.69 Å². The molecule has 2 amide bonds. The van der Waals surface area contributed by atoms with E-state index in [0.717, 1.165) is 22.2 Å². The fourth-order valence-electron chi connectivity index (χ4n) is 5.17. The zero-order chi connectivity index (χ0) is 23.8. The number of nitro groups is 1. The summed E-state index contributed by atoms with van der Waals surface area (Å²) >= 11 is 0. The van der Waals surface area contributed by atoms with E-state index in [1.54, 1.807) is 21.9 Å². The van der Waals surface area contributed by atoms with Crippen LogP contribution in [0.2, 0.25) is 0 Å². The van der Waals surface area contributed by atoms with Gasteiger partial charge in [0, 0.05) is 54.9 Å². The minimum atomic E-state index is -0.663. The second-order valence-corrected chi connectivity index (χ2v) is 8.65. The van der Waals surface area contributed by atoms with E-state index in [1.165, 1.54) is 12.1 Å². The number of nitro benzene ring substituents is 1. The van der Waals surface area contributed by atoms with Crippen molar-refractivity contribution >= 4 is 28.4 Å². The number of amides is 2. The Hall–Kier alpha value is -3.72. The highest BCUT2D eigenvalue weighted by molar-refractivity contribution is 5.97. The fourth-order valence-corrected chi connectivity index (χ4v) is 5.17. The topological polar surface area (TPSA) is 109 Å². The van der Waals surface area contributed by atoms with Crippen molar-refractivity contribution in [2.24, 2.45) is 0 Å². The third kappa shape index (κ3) is 3.71. The minimum absolute atomic E-state index is 0.0115. The molecular formula is C25H26N4O5. The van der Waals surface area contributed by atoms with Crippen LogP contribution in [0.1, 0.15) is 36.2 Å². The smallest absolute Gasteiger partial charge is 0.269 e. The van der Waals surface area contributed by atoms with E-state index in [9.17, 15) is 19.7 Å². The summed E-state index contributed by atoms with van der Waals surface area (Å²) in [7, 11) is 0. The normalized spacial score (nSPS) is 19.9. The number of non-ortho nitro benzene ring substituents is 1. The number of carbonyl (C=O) groups excluding carboxylic acids is 2. The Kier molecular flexibility index (Phi) is 5.79. The maximum atomic E-state index is 13.6. The van der Waals surface area contributed by atoms with Gasteiger partial charge in [-0.25, -0.2) is 0 Å². The van der Waals surface area contributed by atoms with Crippen LogP contribution in [-0.4, -0.2) is 63.9 Å². The maximum absolute atomic E-state index is 13.6. The van der Waals surface area contributed by atoms with Crippen molar-refractivity contribution in [2.45, 2.75) is 31.8 Å². The minimum Gasteiger partial charge on any atom is -0.382 e. The summed E-state index contributed by atoms with van der Waals surface area (Å²) in [5.74, 6) is -0.260. The van der Waals surface area contributed by atoms with Gasteiger partial charge in [0.1, 0.15) is 6.04 Å². The van der Waals surface area contributed by atoms with Crippen molar-refractivity contribution in [3.63, 3.8) is 0 Å². The zero-order valence-corrected chi connectivity index (χ0v) is 18.9. The molecule has 3 heterocycles. The molecule has 2 atom stereocenters. The van der Waals surface area contributed by atoms with Crippen LogP contribution >= 0.6 is 0 Å². The molecule has 34 heavy (non-hydrogen) atoms. The Morgan fingerprint density at radius 3 is 2.79 bits per heavy atom. The lowest BCUT2D eigenvalue weighted by Gasteiger charge is -2.47. The fraction of sp³-hybridized carbons (Fsp3) is 0.360. The number of hydrogen-bond acceptors (Lipinski definition) is 5. The van der Waals surface area contributed by atoms with E-state index in [2.05, 4.69) is 4.98 Å². The molecule has 2 aliphatic heterocycles. The van der Waals surface area contributed by atoms with Gasteiger partial charge in [-0.15, -0.1) is 0 Å². The first-order valence-corrected chi connectivity index (χ1v) is 11.5. The molecule has 0 saturated carbocycles. The van der Waals surface area contributed by atoms with Crippen molar-refractivity contribution in [1.29, 1.82) is 0 Å². The third-order valence-corrected chi connectivity index (χ3v) is 6.66. The van der Waals surface area contributed by atoms with Crippen LogP contribution in [0.5, 0.6) is 0 Å². The van der Waals surface area contributed by atoms with E-state index in [-0.39, 0.29) is 24.0 Å². The van der Waals surface area contributed by atoms with Crippen LogP contribution < -0.4 is 0 Å². The lowest BCUT2D eigenvalue weighted by molar-refractivity contribution is -0.384. The number of aromatic amines is 1. The molecule has 1 aromatic heterocycles. The van der Waals surface area contributed by atoms with Crippen molar-refractivity contribution in [3.05, 3.63) is 75.5 Å². The summed E-state index contributed by atoms with van der Waals surface area (Å²) < 4.78 is 5.39. The number of rotatable bonds is 7. The van der Waals surface area contributed by atoms with E-state index >= 15 is 0 Å². The SMILES string of the molecule is CCOCCCN1CC(=O)N2C(c3cccc([N+](=O)[O-])c3)c3[nH]c4ccccc4c3C[C@H]2C1=O. The van der Waals surface area contributed by atoms with E-state index in [1.807, 2.05) is 31.2 Å². The lowest BCUT2D eigenvalue weighted by atomic mass is 9.86. The predicted octanol–water partition coefficient (Wildman–Crippen LogP) is 3.19. The first-order valence-electron chi connectivity index (χ1n) is 11.5. The van der Waals surface area contributed by atoms with Gasteiger partial charge in [0.2, 0.25) is 11.8 Å². The summed E-state index contributed by atoms with van der Waals surface area (Å²) in [5.41, 5.74) is 3.26. The Morgan fingerprint density at radius 2 is 2.00 bits per heavy atom. The zero-order valence-electron chi connectivity index (χ0n) is 18.9. The van der Waals surface area contributed by atoms with Crippen LogP contribution in [0.15, 0.2) is 48.5 Å². The van der Waals surface area contributed by atoms with Crippen LogP contribution in [0.4, 0.5) is 5.69 Å². The number of nitrogens with zero attached hydrogens (tertiary/aromatic N) is 3. The molecule has 3 aromatic rings. The number of carbonyl (C=O) groups is 2. The van der Waals surface area contributed by atoms with Gasteiger partial charge >= 0.3 is 0 Å². The van der Waals surface area contributed by atoms with Gasteiger partial charge < -0.3 is 19.5 Å². The number of benzene rings is 2. The molecule has 2 aliphatic rings. The largest absolute Gasteiger partial charge is 0.382 e. The standard InChI is InChI=1S/C25H26N4O5/c1-2-34-12-6-11-27-15-22(30)28-21(25(27)31)14-19-18-9-3-4-10-20(18)26-23(19)24(28)16-7-5-8-17(13-16)29(32)33/h3-5,7-10,13,21,24,26H,2,6,11-12,14-15H2,1H3/t21-,24?/m0/s1. The highest BCUT2D eigenvalue weighted by atomic mass is 16.6. The van der Waals surface area contributed by atoms with Gasteiger partial charge in [0.15, 0.2) is 0 Å². The molecule has 0 aliphatic carbocycles. The highest BCUT2D eigenvalue weighted by Crippen LogP contribution is 2.43. The van der Waals surface area contributed by atoms with E-state index < -0.39 is 17.0 Å². The molecule has 176 valence electrons. The first kappa shape index (κ1) is 22.1. The van der Waals surface area contributed by atoms with Gasteiger partial charge in [-0.1, -0.05) is 30.3 Å². The first-order chi connectivity index (χ1) is 16.5. The van der Waals surface area contributed by atoms with Gasteiger partial charge in [-0.3, -0.25) is 19.7 Å². The van der Waals surface area contributed by atoms with Crippen molar-refractivity contribution < 1.29 is 19.2 Å². The van der Waals surface area contributed by atoms with Crippen molar-refractivity contribution in [3.8, 4) is 0 Å². The summed E-state index contributed by atoms with van der Waals surface area (Å²) in [6, 6.07) is 12.9. The second kappa shape index (κ2) is 8.90. The molecule has 1 unspecified atom stereocenters. The Balaban J connectivity index is 1.59. The molecule has 1 N–H and O–H groups in total. The predicted molar refractivity (Wildman–Crippen MR) is 125 cm³/mol. The summed E-state index contributed by atoms with van der Waals surface area (Å²) in [5, 5.41) is 12.5. The lowest BCUT2D eigenvalue weighted by Crippen LogP contribution is -2.63. The van der Waals surface area contributed by atoms with Crippen molar-refractivity contribution in [2.75, 3.05) is 26.3 Å². The van der Waals surface area contributed by atoms with Gasteiger partial charge in [-0.2, -0.15) is 0 Å². The number of aromatic nitrogens is 1. The number of fused-ring (bicyclic) bond motifs is 4. The summed E-state index contributed by atoms with van der Waals surface area (Å²) in [6.45, 7) is 3.51. The number of H-pyrrole nitrogens is 1. The molecule has 9 nitrogen and oxygen atoms in total. The Morgan fingerprint density at radius 1 is 1.18 bits per heavy atom. The molecule has 0 bridgehead atoms. The number of para-hydroxylation sites is 1. The Bertz CT molecular complexity index is 1270. The van der Waals surface area contributed by atoms with Gasteiger partial charge in [-0.05, 0) is 30.5 Å². The molecule has 0 spiro atoms. The quantitative estimate of drug-likeness (QED) is 0.330. The van der Waals surface area contributed by atoms with E-state index in [0.29, 0.717) is 38.2 Å². The van der Waals surface area contributed by atoms with Gasteiger partial charge in [0.05, 0.1) is 17.5 Å². The summed E-state index contributed by atoms with van der Waals surface area (Å²) in [4.78, 5) is 44.7. The number of ether oxygens (including phenoxy) is 1. The maximum Gasteiger partial charge on any atom is 0.269 e. The highest BCUT2D eigenvalue weighted by Gasteiger charge is 2.48.